The highest BCUT2D eigenvalue weighted by Gasteiger charge is 2.51. The van der Waals surface area contributed by atoms with E-state index in [4.69, 9.17) is 4.43 Å². The first-order valence-electron chi connectivity index (χ1n) is 11.0. The summed E-state index contributed by atoms with van der Waals surface area (Å²) >= 11 is 0. The van der Waals surface area contributed by atoms with E-state index in [2.05, 4.69) is 98.9 Å². The van der Waals surface area contributed by atoms with Crippen molar-refractivity contribution in [2.24, 2.45) is 5.92 Å². The predicted molar refractivity (Wildman–Crippen MR) is 129 cm³/mol. The van der Waals surface area contributed by atoms with Gasteiger partial charge in [0.1, 0.15) is 0 Å². The second kappa shape index (κ2) is 8.81. The molecule has 1 aliphatic heterocycles. The zero-order valence-electron chi connectivity index (χ0n) is 18.5. The molecule has 160 valence electrons. The molecule has 1 N–H and O–H groups in total. The standard InChI is InChI=1S/C27H31NO2Si/c1-27(2,3)31(23-15-9-5-10-16-23,24-17-11-6-12-18-24)30-20-22-19-25(29)28-26(22)21-13-7-4-8-14-21/h4-18,22,26H,19-20H2,1-3H3,(H,28,29)/t22-,26-/m1/s1. The van der Waals surface area contributed by atoms with Gasteiger partial charge in [-0.3, -0.25) is 4.79 Å². The Morgan fingerprint density at radius 1 is 0.839 bits per heavy atom. The van der Waals surface area contributed by atoms with Crippen LogP contribution >= 0.6 is 0 Å². The molecule has 0 saturated carbocycles. The Morgan fingerprint density at radius 2 is 1.32 bits per heavy atom. The molecule has 3 aromatic carbocycles. The van der Waals surface area contributed by atoms with Crippen molar-refractivity contribution in [3.05, 3.63) is 96.6 Å². The van der Waals surface area contributed by atoms with Crippen LogP contribution in [0.5, 0.6) is 0 Å². The maximum atomic E-state index is 12.3. The lowest BCUT2D eigenvalue weighted by atomic mass is 9.95. The van der Waals surface area contributed by atoms with Crippen molar-refractivity contribution in [3.8, 4) is 0 Å². The van der Waals surface area contributed by atoms with Crippen molar-refractivity contribution >= 4 is 24.6 Å². The van der Waals surface area contributed by atoms with Crippen LogP contribution in [0.25, 0.3) is 0 Å². The molecular weight excluding hydrogens is 398 g/mol. The van der Waals surface area contributed by atoms with Gasteiger partial charge in [-0.15, -0.1) is 0 Å². The summed E-state index contributed by atoms with van der Waals surface area (Å²) in [6.45, 7) is 7.40. The van der Waals surface area contributed by atoms with Gasteiger partial charge < -0.3 is 9.74 Å². The minimum Gasteiger partial charge on any atom is -0.407 e. The molecule has 0 spiro atoms. The van der Waals surface area contributed by atoms with Crippen molar-refractivity contribution in [2.75, 3.05) is 6.61 Å². The molecule has 0 unspecified atom stereocenters. The minimum absolute atomic E-state index is 0.00749. The molecule has 31 heavy (non-hydrogen) atoms. The van der Waals surface area contributed by atoms with Crippen molar-refractivity contribution in [2.45, 2.75) is 38.3 Å². The van der Waals surface area contributed by atoms with Gasteiger partial charge in [-0.05, 0) is 21.0 Å². The average Bonchev–Trinajstić information content (AvgIpc) is 3.16. The van der Waals surface area contributed by atoms with E-state index in [9.17, 15) is 4.79 Å². The number of hydrogen-bond acceptors (Lipinski definition) is 2. The molecule has 1 aliphatic rings. The third-order valence-electron chi connectivity index (χ3n) is 6.32. The van der Waals surface area contributed by atoms with E-state index in [1.54, 1.807) is 0 Å². The molecule has 0 radical (unpaired) electrons. The Morgan fingerprint density at radius 3 is 1.81 bits per heavy atom. The van der Waals surface area contributed by atoms with E-state index in [1.165, 1.54) is 10.4 Å². The van der Waals surface area contributed by atoms with Gasteiger partial charge in [-0.1, -0.05) is 112 Å². The van der Waals surface area contributed by atoms with Crippen LogP contribution in [0.1, 0.15) is 38.8 Å². The third kappa shape index (κ3) is 4.23. The van der Waals surface area contributed by atoms with Crippen molar-refractivity contribution in [1.29, 1.82) is 0 Å². The molecule has 4 rings (SSSR count). The van der Waals surface area contributed by atoms with Crippen LogP contribution in [-0.2, 0) is 9.22 Å². The molecule has 0 bridgehead atoms. The van der Waals surface area contributed by atoms with Crippen LogP contribution in [0.4, 0.5) is 0 Å². The van der Waals surface area contributed by atoms with E-state index < -0.39 is 8.32 Å². The molecule has 1 fully saturated rings. The van der Waals surface area contributed by atoms with E-state index in [0.29, 0.717) is 13.0 Å². The molecular formula is C27H31NO2Si. The Bertz CT molecular complexity index is 960. The highest BCUT2D eigenvalue weighted by molar-refractivity contribution is 6.99. The fourth-order valence-electron chi connectivity index (χ4n) is 4.87. The normalized spacial score (nSPS) is 19.3. The molecule has 0 aliphatic carbocycles. The van der Waals surface area contributed by atoms with Gasteiger partial charge in [0.15, 0.2) is 0 Å². The lowest BCUT2D eigenvalue weighted by molar-refractivity contribution is -0.119. The van der Waals surface area contributed by atoms with Crippen molar-refractivity contribution in [1.82, 2.24) is 5.32 Å². The quantitative estimate of drug-likeness (QED) is 0.588. The number of nitrogens with one attached hydrogen (secondary N) is 1. The van der Waals surface area contributed by atoms with Crippen molar-refractivity contribution in [3.63, 3.8) is 0 Å². The van der Waals surface area contributed by atoms with Gasteiger partial charge in [-0.2, -0.15) is 0 Å². The zero-order chi connectivity index (χ0) is 21.9. The summed E-state index contributed by atoms with van der Waals surface area (Å²) in [6, 6.07) is 31.6. The van der Waals surface area contributed by atoms with Gasteiger partial charge in [0.2, 0.25) is 5.91 Å². The van der Waals surface area contributed by atoms with Crippen molar-refractivity contribution < 1.29 is 9.22 Å². The Balaban J connectivity index is 1.72. The lowest BCUT2D eigenvalue weighted by Gasteiger charge is -2.43. The smallest absolute Gasteiger partial charge is 0.261 e. The maximum absolute atomic E-state index is 12.3. The second-order valence-corrected chi connectivity index (χ2v) is 13.7. The average molecular weight is 430 g/mol. The molecule has 3 aromatic rings. The monoisotopic (exact) mass is 429 g/mol. The number of rotatable bonds is 6. The molecule has 4 heteroatoms. The lowest BCUT2D eigenvalue weighted by Crippen LogP contribution is -2.67. The number of benzene rings is 3. The number of amides is 1. The SMILES string of the molecule is CC(C)(C)[Si](OC[C@H]1CC(=O)N[C@@H]1c1ccccc1)(c1ccccc1)c1ccccc1. The van der Waals surface area contributed by atoms with Gasteiger partial charge >= 0.3 is 0 Å². The summed E-state index contributed by atoms with van der Waals surface area (Å²) in [5, 5.41) is 5.63. The first-order valence-corrected chi connectivity index (χ1v) is 12.9. The van der Waals surface area contributed by atoms with E-state index in [-0.39, 0.29) is 22.9 Å². The molecule has 0 aromatic heterocycles. The van der Waals surface area contributed by atoms with Crippen LogP contribution in [0.15, 0.2) is 91.0 Å². The fraction of sp³-hybridized carbons (Fsp3) is 0.296. The zero-order valence-corrected chi connectivity index (χ0v) is 19.5. The molecule has 3 nitrogen and oxygen atoms in total. The number of hydrogen-bond donors (Lipinski definition) is 1. The Hall–Kier alpha value is -2.69. The minimum atomic E-state index is -2.61. The van der Waals surface area contributed by atoms with Gasteiger partial charge in [-0.25, -0.2) is 0 Å². The van der Waals surface area contributed by atoms with Crippen LogP contribution in [0.3, 0.4) is 0 Å². The topological polar surface area (TPSA) is 38.3 Å². The largest absolute Gasteiger partial charge is 0.407 e. The first kappa shape index (κ1) is 21.5. The highest BCUT2D eigenvalue weighted by atomic mass is 28.4. The summed E-state index contributed by atoms with van der Waals surface area (Å²) < 4.78 is 7.10. The maximum Gasteiger partial charge on any atom is 0.261 e. The van der Waals surface area contributed by atoms with Crippen LogP contribution in [-0.4, -0.2) is 20.8 Å². The summed E-state index contributed by atoms with van der Waals surface area (Å²) in [5.41, 5.74) is 1.14. The highest BCUT2D eigenvalue weighted by Crippen LogP contribution is 2.39. The molecule has 1 amide bonds. The Kier molecular flexibility index (Phi) is 6.12. The number of carbonyl (C=O) groups is 1. The first-order chi connectivity index (χ1) is 14.9. The third-order valence-corrected chi connectivity index (χ3v) is 11.3. The summed E-state index contributed by atoms with van der Waals surface area (Å²) in [4.78, 5) is 12.3. The predicted octanol–water partition coefficient (Wildman–Crippen LogP) is 4.44. The second-order valence-electron chi connectivity index (χ2n) is 9.39. The van der Waals surface area contributed by atoms with Gasteiger partial charge in [0.05, 0.1) is 6.04 Å². The summed E-state index contributed by atoms with van der Waals surface area (Å²) in [6.07, 6.45) is 0.498. The molecule has 1 heterocycles. The Labute approximate surface area is 186 Å². The van der Waals surface area contributed by atoms with E-state index in [0.717, 1.165) is 5.56 Å². The molecule has 1 saturated heterocycles. The van der Waals surface area contributed by atoms with Crippen LogP contribution in [0.2, 0.25) is 5.04 Å². The summed E-state index contributed by atoms with van der Waals surface area (Å²) in [5.74, 6) is 0.210. The summed E-state index contributed by atoms with van der Waals surface area (Å²) in [7, 11) is -2.61. The van der Waals surface area contributed by atoms with Gasteiger partial charge in [0, 0.05) is 18.9 Å². The van der Waals surface area contributed by atoms with Crippen LogP contribution in [0, 0.1) is 5.92 Å². The number of carbonyl (C=O) groups excluding carboxylic acids is 1. The fourth-order valence-corrected chi connectivity index (χ4v) is 9.49. The van der Waals surface area contributed by atoms with E-state index >= 15 is 0 Å². The molecule has 2 atom stereocenters. The van der Waals surface area contributed by atoms with Crippen LogP contribution < -0.4 is 15.7 Å². The van der Waals surface area contributed by atoms with E-state index in [1.807, 2.05) is 18.2 Å². The van der Waals surface area contributed by atoms with Gasteiger partial charge in [0.25, 0.3) is 8.32 Å².